The van der Waals surface area contributed by atoms with Crippen LogP contribution in [0.1, 0.15) is 64.7 Å². The fraction of sp³-hybridized carbons (Fsp3) is 0.382. The Bertz CT molecular complexity index is 1460. The highest BCUT2D eigenvalue weighted by Crippen LogP contribution is 2.45. The minimum absolute atomic E-state index is 0.0300. The van der Waals surface area contributed by atoms with Gasteiger partial charge in [0.1, 0.15) is 23.4 Å². The van der Waals surface area contributed by atoms with Crippen molar-refractivity contribution in [2.75, 3.05) is 33.1 Å². The predicted octanol–water partition coefficient (Wildman–Crippen LogP) is 7.14. The van der Waals surface area contributed by atoms with Gasteiger partial charge in [0.15, 0.2) is 0 Å². The summed E-state index contributed by atoms with van der Waals surface area (Å²) in [6, 6.07) is 13.8. The fourth-order valence-corrected chi connectivity index (χ4v) is 6.43. The number of fused-ring (bicyclic) bond motifs is 2. The van der Waals surface area contributed by atoms with Crippen molar-refractivity contribution in [1.82, 2.24) is 5.32 Å². The second-order valence-corrected chi connectivity index (χ2v) is 10.8. The molecule has 2 heterocycles. The van der Waals surface area contributed by atoms with Gasteiger partial charge in [-0.2, -0.15) is 12.6 Å². The first-order valence-corrected chi connectivity index (χ1v) is 15.1. The second kappa shape index (κ2) is 12.7. The summed E-state index contributed by atoms with van der Waals surface area (Å²) in [5, 5.41) is 3.38. The topological polar surface area (TPSA) is 56.8 Å². The van der Waals surface area contributed by atoms with Crippen LogP contribution in [0.5, 0.6) is 11.5 Å². The monoisotopic (exact) mass is 575 g/mol. The van der Waals surface area contributed by atoms with Crippen LogP contribution < -0.4 is 14.8 Å². The molecule has 0 spiro atoms. The zero-order valence-corrected chi connectivity index (χ0v) is 25.1. The number of halogens is 1. The lowest BCUT2D eigenvalue weighted by Gasteiger charge is -2.20. The summed E-state index contributed by atoms with van der Waals surface area (Å²) in [6.45, 7) is 6.66. The number of hydrogen-bond acceptors (Lipinski definition) is 6. The maximum absolute atomic E-state index is 15.3. The van der Waals surface area contributed by atoms with Gasteiger partial charge >= 0.3 is 5.97 Å². The first-order valence-electron chi connectivity index (χ1n) is 14.2. The Morgan fingerprint density at radius 3 is 2.59 bits per heavy atom. The zero-order valence-electron chi connectivity index (χ0n) is 24.2. The van der Waals surface area contributed by atoms with E-state index in [-0.39, 0.29) is 30.2 Å². The van der Waals surface area contributed by atoms with Crippen molar-refractivity contribution >= 4 is 24.2 Å². The van der Waals surface area contributed by atoms with E-state index in [0.29, 0.717) is 30.1 Å². The lowest BCUT2D eigenvalue weighted by molar-refractivity contribution is -0.141. The molecule has 2 aliphatic heterocycles. The van der Waals surface area contributed by atoms with Crippen LogP contribution in [0, 0.1) is 19.7 Å². The molecule has 3 aromatic carbocycles. The third-order valence-corrected chi connectivity index (χ3v) is 8.30. The number of methoxy groups -OCH3 is 1. The van der Waals surface area contributed by atoms with Crippen molar-refractivity contribution in [2.24, 2.45) is 0 Å². The quantitative estimate of drug-likeness (QED) is 0.242. The fourth-order valence-electron chi connectivity index (χ4n) is 6.43. The molecule has 1 N–H and O–H groups in total. The molecule has 0 aromatic heterocycles. The highest BCUT2D eigenvalue weighted by molar-refractivity contribution is 7.79. The number of ether oxygens (including phenoxy) is 3. The van der Waals surface area contributed by atoms with Gasteiger partial charge < -0.3 is 19.5 Å². The Morgan fingerprint density at radius 1 is 1.10 bits per heavy atom. The average molecular weight is 576 g/mol. The summed E-state index contributed by atoms with van der Waals surface area (Å²) in [7, 11) is 1.39. The standard InChI is InChI=1S/C33H34FNO4.CH4S/c1-19-14-22(21-10-12-35-13-11-21)15-20(2)32(19)26-6-8-28(34)33-27(26)7-9-29(33)39-24-4-5-25-23(16-31(36)37-3)18-38-30(25)17-24;1-2/h4-6,8,10,14-15,17,23,29,35H,7,9,11-13,16,18H2,1-3H3;2H,1H3/t23-,29-;/m1./s1. The van der Waals surface area contributed by atoms with E-state index in [4.69, 9.17) is 14.2 Å². The van der Waals surface area contributed by atoms with Gasteiger partial charge in [-0.15, -0.1) is 0 Å². The van der Waals surface area contributed by atoms with Crippen LogP contribution in [-0.2, 0) is 16.0 Å². The first-order chi connectivity index (χ1) is 19.9. The Hall–Kier alpha value is -3.29. The number of carbonyl (C=O) groups excluding carboxylic acids is 1. The van der Waals surface area contributed by atoms with E-state index in [1.165, 1.54) is 34.9 Å². The SMILES string of the molecule is COC(=O)C[C@@H]1COc2cc(O[C@@H]3CCc4c(-c5c(C)cc(C6=CCNCC6)cc5C)ccc(F)c43)ccc21.CS. The molecule has 0 amide bonds. The number of thiol groups is 1. The van der Waals surface area contributed by atoms with Gasteiger partial charge in [0.05, 0.1) is 20.1 Å². The third-order valence-electron chi connectivity index (χ3n) is 8.30. The van der Waals surface area contributed by atoms with E-state index >= 15 is 4.39 Å². The van der Waals surface area contributed by atoms with Crippen LogP contribution >= 0.6 is 12.6 Å². The lowest BCUT2D eigenvalue weighted by atomic mass is 9.87. The number of rotatable bonds is 6. The predicted molar refractivity (Wildman–Crippen MR) is 165 cm³/mol. The van der Waals surface area contributed by atoms with E-state index in [0.717, 1.165) is 42.6 Å². The second-order valence-electron chi connectivity index (χ2n) is 10.8. The Balaban J connectivity index is 0.00000165. The Kier molecular flexibility index (Phi) is 9.05. The smallest absolute Gasteiger partial charge is 0.306 e. The molecule has 3 aliphatic rings. The van der Waals surface area contributed by atoms with E-state index in [2.05, 4.69) is 50.0 Å². The number of carbonyl (C=O) groups is 1. The van der Waals surface area contributed by atoms with Gasteiger partial charge in [-0.05, 0) is 97.0 Å². The third kappa shape index (κ3) is 5.88. The molecule has 0 radical (unpaired) electrons. The van der Waals surface area contributed by atoms with Crippen molar-refractivity contribution in [3.63, 3.8) is 0 Å². The largest absolute Gasteiger partial charge is 0.492 e. The van der Waals surface area contributed by atoms with E-state index in [1.54, 1.807) is 12.3 Å². The van der Waals surface area contributed by atoms with Crippen molar-refractivity contribution in [3.8, 4) is 22.6 Å². The highest BCUT2D eigenvalue weighted by Gasteiger charge is 2.32. The van der Waals surface area contributed by atoms with Crippen molar-refractivity contribution < 1.29 is 23.4 Å². The normalized spacial score (nSPS) is 18.8. The molecule has 0 unspecified atom stereocenters. The van der Waals surface area contributed by atoms with Gasteiger partial charge in [0, 0.05) is 29.7 Å². The minimum atomic E-state index is -0.370. The molecule has 0 saturated carbocycles. The van der Waals surface area contributed by atoms with Crippen LogP contribution in [0.25, 0.3) is 16.7 Å². The van der Waals surface area contributed by atoms with Gasteiger partial charge in [0.2, 0.25) is 0 Å². The number of esters is 1. The number of aryl methyl sites for hydroxylation is 2. The molecule has 0 saturated heterocycles. The van der Waals surface area contributed by atoms with Gasteiger partial charge in [-0.3, -0.25) is 4.79 Å². The summed E-state index contributed by atoms with van der Waals surface area (Å²) >= 11 is 3.53. The van der Waals surface area contributed by atoms with E-state index in [9.17, 15) is 4.79 Å². The summed E-state index contributed by atoms with van der Waals surface area (Å²) in [4.78, 5) is 11.7. The molecule has 7 heteroatoms. The number of nitrogens with one attached hydrogen (secondary N) is 1. The highest BCUT2D eigenvalue weighted by atomic mass is 32.1. The zero-order chi connectivity index (χ0) is 29.1. The molecule has 0 bridgehead atoms. The molecule has 6 rings (SSSR count). The molecule has 2 atom stereocenters. The maximum atomic E-state index is 15.3. The van der Waals surface area contributed by atoms with E-state index in [1.807, 2.05) is 24.3 Å². The summed E-state index contributed by atoms with van der Waals surface area (Å²) in [5.41, 5.74) is 10.0. The van der Waals surface area contributed by atoms with Gasteiger partial charge in [-0.1, -0.05) is 30.3 Å². The van der Waals surface area contributed by atoms with Crippen LogP contribution in [0.2, 0.25) is 0 Å². The van der Waals surface area contributed by atoms with Crippen LogP contribution in [0.3, 0.4) is 0 Å². The molecular formula is C34H38FNO4S. The number of hydrogen-bond donors (Lipinski definition) is 2. The molecule has 41 heavy (non-hydrogen) atoms. The first kappa shape index (κ1) is 29.2. The molecule has 216 valence electrons. The lowest BCUT2D eigenvalue weighted by Crippen LogP contribution is -2.20. The van der Waals surface area contributed by atoms with Crippen LogP contribution in [0.4, 0.5) is 4.39 Å². The van der Waals surface area contributed by atoms with Gasteiger partial charge in [0.25, 0.3) is 0 Å². The minimum Gasteiger partial charge on any atom is -0.492 e. The summed E-state index contributed by atoms with van der Waals surface area (Å²) < 4.78 is 32.3. The maximum Gasteiger partial charge on any atom is 0.306 e. The molecular weight excluding hydrogens is 537 g/mol. The Labute approximate surface area is 247 Å². The molecule has 1 aliphatic carbocycles. The molecule has 3 aromatic rings. The van der Waals surface area contributed by atoms with Crippen LogP contribution in [-0.4, -0.2) is 39.0 Å². The van der Waals surface area contributed by atoms with Crippen molar-refractivity contribution in [2.45, 2.75) is 51.6 Å². The Morgan fingerprint density at radius 2 is 1.88 bits per heavy atom. The summed E-state index contributed by atoms with van der Waals surface area (Å²) in [5.74, 6) is 0.844. The van der Waals surface area contributed by atoms with Crippen LogP contribution in [0.15, 0.2) is 48.5 Å². The average Bonchev–Trinajstić information content (AvgIpc) is 3.60. The van der Waals surface area contributed by atoms with Gasteiger partial charge in [-0.25, -0.2) is 4.39 Å². The molecule has 5 nitrogen and oxygen atoms in total. The van der Waals surface area contributed by atoms with Crippen molar-refractivity contribution in [1.29, 1.82) is 0 Å². The number of benzene rings is 3. The van der Waals surface area contributed by atoms with Crippen molar-refractivity contribution in [3.05, 3.63) is 87.7 Å². The molecule has 0 fully saturated rings. The van der Waals surface area contributed by atoms with E-state index < -0.39 is 0 Å². The summed E-state index contributed by atoms with van der Waals surface area (Å²) in [6.07, 6.45) is 6.38.